The zero-order valence-electron chi connectivity index (χ0n) is 11.6. The van der Waals surface area contributed by atoms with Crippen LogP contribution in [0, 0.1) is 0 Å². The van der Waals surface area contributed by atoms with E-state index in [4.69, 9.17) is 0 Å². The summed E-state index contributed by atoms with van der Waals surface area (Å²) in [4.78, 5) is 11.2. The van der Waals surface area contributed by atoms with Crippen molar-refractivity contribution in [3.05, 3.63) is 23.2 Å². The van der Waals surface area contributed by atoms with Crippen LogP contribution in [0.2, 0.25) is 0 Å². The molecule has 6 heteroatoms. The van der Waals surface area contributed by atoms with E-state index >= 15 is 0 Å². The van der Waals surface area contributed by atoms with Gasteiger partial charge in [0.2, 0.25) is 0 Å². The molecule has 2 rings (SSSR count). The SMILES string of the molecule is CCN(CC)CC(C)Nc1nc(Br)cn2ccnc12. The van der Waals surface area contributed by atoms with Crippen LogP contribution in [-0.4, -0.2) is 44.9 Å². The maximum absolute atomic E-state index is 4.48. The molecule has 0 aliphatic rings. The van der Waals surface area contributed by atoms with Crippen LogP contribution >= 0.6 is 15.9 Å². The minimum absolute atomic E-state index is 0.321. The smallest absolute Gasteiger partial charge is 0.180 e. The van der Waals surface area contributed by atoms with Gasteiger partial charge in [0.05, 0.1) is 0 Å². The molecule has 104 valence electrons. The van der Waals surface area contributed by atoms with Crippen LogP contribution in [0.15, 0.2) is 23.2 Å². The highest BCUT2D eigenvalue weighted by atomic mass is 79.9. The Morgan fingerprint density at radius 1 is 1.42 bits per heavy atom. The first-order valence-electron chi connectivity index (χ1n) is 6.62. The molecule has 19 heavy (non-hydrogen) atoms. The van der Waals surface area contributed by atoms with Crippen LogP contribution in [0.25, 0.3) is 5.65 Å². The summed E-state index contributed by atoms with van der Waals surface area (Å²) in [5.74, 6) is 0.819. The molecule has 0 aliphatic heterocycles. The number of aromatic nitrogens is 3. The molecule has 0 aliphatic carbocycles. The second-order valence-corrected chi connectivity index (χ2v) is 5.41. The first kappa shape index (κ1) is 14.3. The lowest BCUT2D eigenvalue weighted by atomic mass is 10.3. The molecule has 0 aromatic carbocycles. The van der Waals surface area contributed by atoms with Crippen molar-refractivity contribution in [2.75, 3.05) is 25.0 Å². The van der Waals surface area contributed by atoms with Gasteiger partial charge in [0.25, 0.3) is 0 Å². The first-order valence-corrected chi connectivity index (χ1v) is 7.41. The van der Waals surface area contributed by atoms with Gasteiger partial charge in [0, 0.05) is 31.2 Å². The van der Waals surface area contributed by atoms with Crippen LogP contribution in [0.1, 0.15) is 20.8 Å². The summed E-state index contributed by atoms with van der Waals surface area (Å²) in [7, 11) is 0. The second-order valence-electron chi connectivity index (χ2n) is 4.60. The maximum atomic E-state index is 4.48. The number of likely N-dealkylation sites (N-methyl/N-ethyl adjacent to an activating group) is 1. The van der Waals surface area contributed by atoms with Gasteiger partial charge in [-0.05, 0) is 35.9 Å². The average molecular weight is 326 g/mol. The predicted octanol–water partition coefficient (Wildman–Crippen LogP) is 2.63. The Morgan fingerprint density at radius 2 is 2.16 bits per heavy atom. The fraction of sp³-hybridized carbons (Fsp3) is 0.538. The Labute approximate surface area is 122 Å². The van der Waals surface area contributed by atoms with Crippen LogP contribution in [0.4, 0.5) is 5.82 Å². The number of hydrogen-bond donors (Lipinski definition) is 1. The topological polar surface area (TPSA) is 45.5 Å². The Bertz CT molecular complexity index is 535. The number of imidazole rings is 1. The molecule has 1 unspecified atom stereocenters. The fourth-order valence-electron chi connectivity index (χ4n) is 2.15. The van der Waals surface area contributed by atoms with E-state index in [0.29, 0.717) is 6.04 Å². The van der Waals surface area contributed by atoms with E-state index in [9.17, 15) is 0 Å². The molecule has 2 heterocycles. The molecule has 0 saturated heterocycles. The van der Waals surface area contributed by atoms with Crippen LogP contribution in [0.5, 0.6) is 0 Å². The molecule has 0 saturated carbocycles. The molecule has 0 radical (unpaired) electrons. The molecule has 2 aromatic heterocycles. The molecule has 0 amide bonds. The standard InChI is InChI=1S/C13H20BrN5/c1-4-18(5-2)8-10(3)16-12-13-15-6-7-19(13)9-11(14)17-12/h6-7,9-10H,4-5,8H2,1-3H3,(H,16,17). The predicted molar refractivity (Wildman–Crippen MR) is 81.6 cm³/mol. The van der Waals surface area contributed by atoms with Crippen molar-refractivity contribution < 1.29 is 0 Å². The minimum Gasteiger partial charge on any atom is -0.363 e. The van der Waals surface area contributed by atoms with Crippen molar-refractivity contribution >= 4 is 27.4 Å². The van der Waals surface area contributed by atoms with Gasteiger partial charge in [-0.25, -0.2) is 9.97 Å². The number of nitrogens with one attached hydrogen (secondary N) is 1. The number of nitrogens with zero attached hydrogens (tertiary/aromatic N) is 4. The number of hydrogen-bond acceptors (Lipinski definition) is 4. The number of halogens is 1. The van der Waals surface area contributed by atoms with Crippen LogP contribution < -0.4 is 5.32 Å². The van der Waals surface area contributed by atoms with E-state index in [0.717, 1.165) is 35.7 Å². The van der Waals surface area contributed by atoms with E-state index in [2.05, 4.69) is 56.9 Å². The van der Waals surface area contributed by atoms with E-state index in [1.807, 2.05) is 16.8 Å². The third-order valence-electron chi connectivity index (χ3n) is 3.15. The number of fused-ring (bicyclic) bond motifs is 1. The summed E-state index contributed by atoms with van der Waals surface area (Å²) in [6.07, 6.45) is 5.61. The number of rotatable bonds is 6. The molecular weight excluding hydrogens is 306 g/mol. The van der Waals surface area contributed by atoms with Crippen molar-refractivity contribution in [3.8, 4) is 0 Å². The highest BCUT2D eigenvalue weighted by Crippen LogP contribution is 2.17. The van der Waals surface area contributed by atoms with Crippen molar-refractivity contribution in [2.45, 2.75) is 26.8 Å². The molecule has 0 bridgehead atoms. The summed E-state index contributed by atoms with van der Waals surface area (Å²) in [6, 6.07) is 0.321. The summed E-state index contributed by atoms with van der Waals surface area (Å²) in [5, 5.41) is 3.44. The van der Waals surface area contributed by atoms with Crippen LogP contribution in [0.3, 0.4) is 0 Å². The normalized spacial score (nSPS) is 13.1. The largest absolute Gasteiger partial charge is 0.363 e. The number of anilines is 1. The minimum atomic E-state index is 0.321. The Balaban J connectivity index is 2.14. The summed E-state index contributed by atoms with van der Waals surface area (Å²) < 4.78 is 2.76. The van der Waals surface area contributed by atoms with E-state index in [-0.39, 0.29) is 0 Å². The van der Waals surface area contributed by atoms with Crippen molar-refractivity contribution in [1.82, 2.24) is 19.3 Å². The zero-order chi connectivity index (χ0) is 13.8. The molecule has 2 aromatic rings. The third-order valence-corrected chi connectivity index (χ3v) is 3.54. The highest BCUT2D eigenvalue weighted by molar-refractivity contribution is 9.10. The summed E-state index contributed by atoms with van der Waals surface area (Å²) in [6.45, 7) is 9.65. The van der Waals surface area contributed by atoms with Gasteiger partial charge in [-0.2, -0.15) is 0 Å². The molecule has 1 atom stereocenters. The molecule has 0 spiro atoms. The van der Waals surface area contributed by atoms with Gasteiger partial charge >= 0.3 is 0 Å². The molecule has 0 fully saturated rings. The third kappa shape index (κ3) is 3.45. The zero-order valence-corrected chi connectivity index (χ0v) is 13.2. The highest BCUT2D eigenvalue weighted by Gasteiger charge is 2.11. The lowest BCUT2D eigenvalue weighted by molar-refractivity contribution is 0.294. The Morgan fingerprint density at radius 3 is 2.84 bits per heavy atom. The van der Waals surface area contributed by atoms with Gasteiger partial charge < -0.3 is 14.6 Å². The Hall–Kier alpha value is -1.14. The Kier molecular flexibility index (Phi) is 4.76. The van der Waals surface area contributed by atoms with E-state index < -0.39 is 0 Å². The first-order chi connectivity index (χ1) is 9.13. The van der Waals surface area contributed by atoms with Crippen molar-refractivity contribution in [3.63, 3.8) is 0 Å². The van der Waals surface area contributed by atoms with E-state index in [1.165, 1.54) is 0 Å². The van der Waals surface area contributed by atoms with Gasteiger partial charge in [-0.15, -0.1) is 0 Å². The van der Waals surface area contributed by atoms with Gasteiger partial charge in [0.15, 0.2) is 11.5 Å². The fourth-order valence-corrected chi connectivity index (χ4v) is 2.54. The average Bonchev–Trinajstić information content (AvgIpc) is 2.84. The van der Waals surface area contributed by atoms with Crippen LogP contribution in [-0.2, 0) is 0 Å². The van der Waals surface area contributed by atoms with Gasteiger partial charge in [-0.3, -0.25) is 0 Å². The molecule has 5 nitrogen and oxygen atoms in total. The summed E-state index contributed by atoms with van der Waals surface area (Å²) >= 11 is 3.43. The van der Waals surface area contributed by atoms with Gasteiger partial charge in [0.1, 0.15) is 4.60 Å². The van der Waals surface area contributed by atoms with Gasteiger partial charge in [-0.1, -0.05) is 13.8 Å². The van der Waals surface area contributed by atoms with E-state index in [1.54, 1.807) is 6.20 Å². The van der Waals surface area contributed by atoms with Crippen molar-refractivity contribution in [1.29, 1.82) is 0 Å². The lowest BCUT2D eigenvalue weighted by Crippen LogP contribution is -2.35. The molecular formula is C13H20BrN5. The molecule has 1 N–H and O–H groups in total. The quantitative estimate of drug-likeness (QED) is 0.886. The lowest BCUT2D eigenvalue weighted by Gasteiger charge is -2.23. The second kappa shape index (κ2) is 6.34. The monoisotopic (exact) mass is 325 g/mol. The summed E-state index contributed by atoms with van der Waals surface area (Å²) in [5.41, 5.74) is 0.856. The van der Waals surface area contributed by atoms with Crippen molar-refractivity contribution in [2.24, 2.45) is 0 Å². The maximum Gasteiger partial charge on any atom is 0.180 e.